The molecule has 0 atom stereocenters. The van der Waals surface area contributed by atoms with Gasteiger partial charge < -0.3 is 4.74 Å². The Kier molecular flexibility index (Phi) is 4.72. The van der Waals surface area contributed by atoms with Gasteiger partial charge in [-0.15, -0.1) is 0 Å². The van der Waals surface area contributed by atoms with Crippen LogP contribution in [-0.2, 0) is 10.0 Å². The van der Waals surface area contributed by atoms with Crippen LogP contribution in [0.1, 0.15) is 21.6 Å². The number of ether oxygens (including phenoxy) is 1. The molecule has 5 nitrogen and oxygen atoms in total. The van der Waals surface area contributed by atoms with Crippen molar-refractivity contribution in [2.45, 2.75) is 11.8 Å². The van der Waals surface area contributed by atoms with Crippen molar-refractivity contribution >= 4 is 26.7 Å². The van der Waals surface area contributed by atoms with Crippen LogP contribution in [0.4, 0.5) is 0 Å². The van der Waals surface area contributed by atoms with E-state index in [0.717, 1.165) is 9.54 Å². The van der Waals surface area contributed by atoms with Crippen LogP contribution < -0.4 is 4.74 Å². The summed E-state index contributed by atoms with van der Waals surface area (Å²) in [5.74, 6) is 0.157. The van der Waals surface area contributed by atoms with Crippen LogP contribution in [0.25, 0.3) is 10.9 Å². The fourth-order valence-electron chi connectivity index (χ4n) is 3.39. The first-order valence-electron chi connectivity index (χ1n) is 9.03. The van der Waals surface area contributed by atoms with Crippen molar-refractivity contribution in [2.75, 3.05) is 7.11 Å². The number of aryl methyl sites for hydroxylation is 1. The molecule has 0 spiro atoms. The molecule has 0 aliphatic heterocycles. The maximum absolute atomic E-state index is 13.4. The molecule has 6 heteroatoms. The van der Waals surface area contributed by atoms with Gasteiger partial charge in [0, 0.05) is 10.9 Å². The van der Waals surface area contributed by atoms with E-state index >= 15 is 0 Å². The number of hydrogen-bond donors (Lipinski definition) is 0. The third kappa shape index (κ3) is 3.32. The van der Waals surface area contributed by atoms with Gasteiger partial charge in [-0.1, -0.05) is 36.4 Å². The van der Waals surface area contributed by atoms with E-state index in [9.17, 15) is 13.2 Å². The molecule has 4 rings (SSSR count). The number of hydrogen-bond acceptors (Lipinski definition) is 4. The van der Waals surface area contributed by atoms with E-state index < -0.39 is 10.0 Å². The highest BCUT2D eigenvalue weighted by molar-refractivity contribution is 7.90. The second-order valence-corrected chi connectivity index (χ2v) is 8.53. The molecule has 0 N–H and O–H groups in total. The molecule has 0 aliphatic rings. The highest BCUT2D eigenvalue weighted by Crippen LogP contribution is 2.28. The first kappa shape index (κ1) is 19.0. The van der Waals surface area contributed by atoms with Crippen molar-refractivity contribution in [3.63, 3.8) is 0 Å². The minimum absolute atomic E-state index is 0.0858. The zero-order chi connectivity index (χ0) is 20.6. The number of carbonyl (C=O) groups is 1. The smallest absolute Gasteiger partial charge is 0.268 e. The number of ketones is 1. The van der Waals surface area contributed by atoms with E-state index in [1.807, 2.05) is 19.1 Å². The summed E-state index contributed by atoms with van der Waals surface area (Å²) in [7, 11) is -2.44. The Morgan fingerprint density at radius 2 is 1.59 bits per heavy atom. The molecule has 146 valence electrons. The van der Waals surface area contributed by atoms with E-state index in [1.54, 1.807) is 54.6 Å². The van der Waals surface area contributed by atoms with Gasteiger partial charge in [0.25, 0.3) is 10.0 Å². The summed E-state index contributed by atoms with van der Waals surface area (Å²) < 4.78 is 33.3. The Hall–Kier alpha value is -3.38. The second-order valence-electron chi connectivity index (χ2n) is 6.74. The minimum Gasteiger partial charge on any atom is -0.497 e. The minimum atomic E-state index is -3.97. The predicted molar refractivity (Wildman–Crippen MR) is 112 cm³/mol. The Labute approximate surface area is 169 Å². The van der Waals surface area contributed by atoms with Crippen molar-refractivity contribution in [3.8, 4) is 5.75 Å². The summed E-state index contributed by atoms with van der Waals surface area (Å²) in [5.41, 5.74) is 1.76. The molecular weight excluding hydrogens is 386 g/mol. The molecule has 29 heavy (non-hydrogen) atoms. The number of rotatable bonds is 5. The van der Waals surface area contributed by atoms with Crippen molar-refractivity contribution in [1.82, 2.24) is 3.97 Å². The van der Waals surface area contributed by atoms with Gasteiger partial charge in [0.15, 0.2) is 0 Å². The maximum atomic E-state index is 13.4. The number of carbonyl (C=O) groups excluding carboxylic acids is 1. The normalized spacial score (nSPS) is 11.5. The maximum Gasteiger partial charge on any atom is 0.268 e. The van der Waals surface area contributed by atoms with Crippen molar-refractivity contribution in [1.29, 1.82) is 0 Å². The van der Waals surface area contributed by atoms with E-state index in [1.165, 1.54) is 19.2 Å². The molecule has 0 unspecified atom stereocenters. The Morgan fingerprint density at radius 3 is 2.31 bits per heavy atom. The van der Waals surface area contributed by atoms with E-state index in [0.29, 0.717) is 22.2 Å². The van der Waals surface area contributed by atoms with Crippen LogP contribution >= 0.6 is 0 Å². The molecular formula is C23H19NO4S. The monoisotopic (exact) mass is 405 g/mol. The number of benzene rings is 3. The van der Waals surface area contributed by atoms with Gasteiger partial charge in [0.05, 0.1) is 17.5 Å². The molecule has 1 aromatic heterocycles. The zero-order valence-corrected chi connectivity index (χ0v) is 16.8. The summed E-state index contributed by atoms with van der Waals surface area (Å²) >= 11 is 0. The summed E-state index contributed by atoms with van der Waals surface area (Å²) in [6, 6.07) is 21.9. The standard InChI is InChI=1S/C23H19NO4S/c1-16-12-18(14-19(13-16)28-2)23(25)22-15-17-8-6-7-11-21(17)24(22)29(26,27)20-9-4-3-5-10-20/h3-15H,1-2H3. The van der Waals surface area contributed by atoms with Gasteiger partial charge >= 0.3 is 0 Å². The molecule has 4 aromatic rings. The van der Waals surface area contributed by atoms with E-state index in [-0.39, 0.29) is 16.4 Å². The molecule has 0 aliphatic carbocycles. The van der Waals surface area contributed by atoms with Gasteiger partial charge in [0.1, 0.15) is 11.4 Å². The molecule has 0 saturated heterocycles. The fraction of sp³-hybridized carbons (Fsp3) is 0.0870. The van der Waals surface area contributed by atoms with Gasteiger partial charge in [-0.2, -0.15) is 0 Å². The first-order valence-corrected chi connectivity index (χ1v) is 10.5. The average molecular weight is 405 g/mol. The number of para-hydroxylation sites is 1. The predicted octanol–water partition coefficient (Wildman–Crippen LogP) is 4.43. The lowest BCUT2D eigenvalue weighted by atomic mass is 10.1. The summed E-state index contributed by atoms with van der Waals surface area (Å²) in [5, 5.41) is 0.676. The summed E-state index contributed by atoms with van der Waals surface area (Å²) in [4.78, 5) is 13.5. The van der Waals surface area contributed by atoms with Crippen molar-refractivity contribution in [2.24, 2.45) is 0 Å². The molecule has 3 aromatic carbocycles. The van der Waals surface area contributed by atoms with Gasteiger partial charge in [-0.25, -0.2) is 12.4 Å². The molecule has 0 amide bonds. The number of nitrogens with zero attached hydrogens (tertiary/aromatic N) is 1. The topological polar surface area (TPSA) is 65.4 Å². The Bertz CT molecular complexity index is 1320. The van der Waals surface area contributed by atoms with Crippen LogP contribution in [-0.4, -0.2) is 25.3 Å². The summed E-state index contributed by atoms with van der Waals surface area (Å²) in [6.07, 6.45) is 0. The molecule has 0 radical (unpaired) electrons. The van der Waals surface area contributed by atoms with Crippen LogP contribution in [0.2, 0.25) is 0 Å². The van der Waals surface area contributed by atoms with E-state index in [4.69, 9.17) is 4.74 Å². The first-order chi connectivity index (χ1) is 13.9. The molecule has 1 heterocycles. The number of aromatic nitrogens is 1. The highest BCUT2D eigenvalue weighted by atomic mass is 32.2. The fourth-order valence-corrected chi connectivity index (χ4v) is 4.92. The Morgan fingerprint density at radius 1 is 0.897 bits per heavy atom. The van der Waals surface area contributed by atoms with Crippen LogP contribution in [0.5, 0.6) is 5.75 Å². The van der Waals surface area contributed by atoms with Gasteiger partial charge in [-0.3, -0.25) is 4.79 Å². The Balaban J connectivity index is 1.98. The zero-order valence-electron chi connectivity index (χ0n) is 16.0. The largest absolute Gasteiger partial charge is 0.497 e. The second kappa shape index (κ2) is 7.22. The number of methoxy groups -OCH3 is 1. The summed E-state index contributed by atoms with van der Waals surface area (Å²) in [6.45, 7) is 1.86. The third-order valence-corrected chi connectivity index (χ3v) is 6.47. The van der Waals surface area contributed by atoms with Gasteiger partial charge in [-0.05, 0) is 55.0 Å². The molecule has 0 fully saturated rings. The van der Waals surface area contributed by atoms with Gasteiger partial charge in [0.2, 0.25) is 5.78 Å². The highest BCUT2D eigenvalue weighted by Gasteiger charge is 2.27. The lowest BCUT2D eigenvalue weighted by Gasteiger charge is -2.12. The number of fused-ring (bicyclic) bond motifs is 1. The lowest BCUT2D eigenvalue weighted by molar-refractivity contribution is 0.103. The lowest BCUT2D eigenvalue weighted by Crippen LogP contribution is -2.19. The van der Waals surface area contributed by atoms with Crippen LogP contribution in [0.3, 0.4) is 0 Å². The third-order valence-electron chi connectivity index (χ3n) is 4.73. The average Bonchev–Trinajstić information content (AvgIpc) is 3.13. The molecule has 0 bridgehead atoms. The SMILES string of the molecule is COc1cc(C)cc(C(=O)c2cc3ccccc3n2S(=O)(=O)c2ccccc2)c1. The molecule has 0 saturated carbocycles. The van der Waals surface area contributed by atoms with Crippen LogP contribution in [0.15, 0.2) is 83.8 Å². The van der Waals surface area contributed by atoms with Crippen molar-refractivity contribution < 1.29 is 17.9 Å². The van der Waals surface area contributed by atoms with Crippen molar-refractivity contribution in [3.05, 3.63) is 95.7 Å². The quantitative estimate of drug-likeness (QED) is 0.461. The van der Waals surface area contributed by atoms with E-state index in [2.05, 4.69) is 0 Å². The van der Waals surface area contributed by atoms with Crippen LogP contribution in [0, 0.1) is 6.92 Å².